The molecule has 0 unspecified atom stereocenters. The van der Waals surface area contributed by atoms with Gasteiger partial charge in [0, 0.05) is 37.8 Å². The first-order valence-electron chi connectivity index (χ1n) is 9.35. The van der Waals surface area contributed by atoms with E-state index in [9.17, 15) is 13.2 Å². The molecule has 0 aliphatic carbocycles. The van der Waals surface area contributed by atoms with Crippen molar-refractivity contribution in [3.05, 3.63) is 35.3 Å². The maximum Gasteiger partial charge on any atom is 0.270 e. The van der Waals surface area contributed by atoms with Gasteiger partial charge in [-0.1, -0.05) is 6.08 Å². The lowest BCUT2D eigenvalue weighted by molar-refractivity contribution is -0.127. The number of methoxy groups -OCH3 is 2. The normalized spacial score (nSPS) is 19.0. The second kappa shape index (κ2) is 8.08. The maximum absolute atomic E-state index is 13.5. The van der Waals surface area contributed by atoms with Crippen LogP contribution in [0.2, 0.25) is 0 Å². The summed E-state index contributed by atoms with van der Waals surface area (Å²) >= 11 is 0. The van der Waals surface area contributed by atoms with E-state index in [0.29, 0.717) is 54.5 Å². The summed E-state index contributed by atoms with van der Waals surface area (Å²) in [5.74, 6) is 0.414. The molecule has 158 valence electrons. The van der Waals surface area contributed by atoms with Crippen molar-refractivity contribution in [3.8, 4) is 11.5 Å². The number of amides is 1. The fourth-order valence-electron chi connectivity index (χ4n) is 3.67. The number of carbonyl (C=O) groups is 1. The van der Waals surface area contributed by atoms with Gasteiger partial charge in [-0.3, -0.25) is 9.10 Å². The van der Waals surface area contributed by atoms with Crippen LogP contribution < -0.4 is 13.8 Å². The zero-order valence-corrected chi connectivity index (χ0v) is 18.1. The number of anilines is 1. The van der Waals surface area contributed by atoms with Gasteiger partial charge in [0.15, 0.2) is 16.4 Å². The summed E-state index contributed by atoms with van der Waals surface area (Å²) in [5.41, 5.74) is 1.47. The van der Waals surface area contributed by atoms with Gasteiger partial charge in [-0.15, -0.1) is 6.58 Å². The van der Waals surface area contributed by atoms with E-state index in [4.69, 9.17) is 9.47 Å². The molecule has 2 aliphatic rings. The predicted molar refractivity (Wildman–Crippen MR) is 113 cm³/mol. The van der Waals surface area contributed by atoms with Crippen LogP contribution in [0.4, 0.5) is 5.69 Å². The number of likely N-dealkylation sites (N-methyl/N-ethyl adjacent to an activating group) is 1. The van der Waals surface area contributed by atoms with Gasteiger partial charge < -0.3 is 19.3 Å². The average Bonchev–Trinajstić information content (AvgIpc) is 2.70. The van der Waals surface area contributed by atoms with Crippen molar-refractivity contribution in [1.29, 1.82) is 0 Å². The Morgan fingerprint density at radius 3 is 2.28 bits per heavy atom. The topological polar surface area (TPSA) is 79.4 Å². The molecule has 1 fully saturated rings. The maximum atomic E-state index is 13.5. The molecule has 0 aromatic heterocycles. The second-order valence-corrected chi connectivity index (χ2v) is 8.90. The van der Waals surface area contributed by atoms with Gasteiger partial charge >= 0.3 is 0 Å². The summed E-state index contributed by atoms with van der Waals surface area (Å²) in [6.07, 6.45) is 1.50. The molecule has 29 heavy (non-hydrogen) atoms. The third-order valence-corrected chi connectivity index (χ3v) is 7.27. The number of sulfonamides is 1. The van der Waals surface area contributed by atoms with Crippen LogP contribution in [0.5, 0.6) is 11.5 Å². The molecule has 0 radical (unpaired) electrons. The molecule has 8 nitrogen and oxygen atoms in total. The Balaban J connectivity index is 2.19. The molecular weight excluding hydrogens is 394 g/mol. The summed E-state index contributed by atoms with van der Waals surface area (Å²) in [7, 11) is 0.927. The first-order chi connectivity index (χ1) is 13.8. The molecule has 0 atom stereocenters. The molecule has 0 N–H and O–H groups in total. The van der Waals surface area contributed by atoms with Gasteiger partial charge in [-0.25, -0.2) is 8.42 Å². The van der Waals surface area contributed by atoms with E-state index in [1.165, 1.54) is 24.6 Å². The molecule has 1 aromatic rings. The lowest BCUT2D eigenvalue weighted by Gasteiger charge is -2.36. The van der Waals surface area contributed by atoms with Crippen molar-refractivity contribution in [2.24, 2.45) is 0 Å². The number of benzene rings is 1. The van der Waals surface area contributed by atoms with Crippen molar-refractivity contribution in [2.75, 3.05) is 58.3 Å². The van der Waals surface area contributed by atoms with Crippen molar-refractivity contribution >= 4 is 27.2 Å². The first kappa shape index (κ1) is 21.2. The van der Waals surface area contributed by atoms with E-state index in [1.54, 1.807) is 24.0 Å². The number of allylic oxidation sites excluding steroid dienone is 1. The highest BCUT2D eigenvalue weighted by molar-refractivity contribution is 7.97. The van der Waals surface area contributed by atoms with Gasteiger partial charge in [-0.05, 0) is 25.6 Å². The standard InChI is InChI=1S/C20H27N3O5S/c1-6-7-23-16-13-18(28-5)17(27-4)12-15(16)14(2)19(29(23,25)26)20(24)22-10-8-21(3)9-11-22/h6,12-13H,1,7-11H2,2-5H3. The molecule has 0 saturated carbocycles. The van der Waals surface area contributed by atoms with E-state index in [1.807, 2.05) is 7.05 Å². The molecule has 2 aliphatic heterocycles. The summed E-state index contributed by atoms with van der Waals surface area (Å²) in [5, 5.41) is 0. The highest BCUT2D eigenvalue weighted by Gasteiger charge is 2.41. The third kappa shape index (κ3) is 3.60. The Bertz CT molecular complexity index is 963. The van der Waals surface area contributed by atoms with Crippen LogP contribution >= 0.6 is 0 Å². The van der Waals surface area contributed by atoms with Crippen LogP contribution in [0.1, 0.15) is 12.5 Å². The predicted octanol–water partition coefficient (Wildman–Crippen LogP) is 1.54. The smallest absolute Gasteiger partial charge is 0.270 e. The number of nitrogens with zero attached hydrogens (tertiary/aromatic N) is 3. The molecule has 3 rings (SSSR count). The van der Waals surface area contributed by atoms with Crippen LogP contribution in [0.25, 0.3) is 5.57 Å². The van der Waals surface area contributed by atoms with Crippen molar-refractivity contribution in [1.82, 2.24) is 9.80 Å². The number of ether oxygens (including phenoxy) is 2. The Labute approximate surface area is 172 Å². The van der Waals surface area contributed by atoms with Crippen molar-refractivity contribution in [2.45, 2.75) is 6.92 Å². The number of piperazine rings is 1. The zero-order chi connectivity index (χ0) is 21.3. The minimum Gasteiger partial charge on any atom is -0.493 e. The largest absolute Gasteiger partial charge is 0.493 e. The fourth-order valence-corrected chi connectivity index (χ4v) is 5.45. The van der Waals surface area contributed by atoms with E-state index < -0.39 is 15.9 Å². The summed E-state index contributed by atoms with van der Waals surface area (Å²) in [4.78, 5) is 16.8. The molecule has 1 aromatic carbocycles. The second-order valence-electron chi connectivity index (χ2n) is 7.10. The first-order valence-corrected chi connectivity index (χ1v) is 10.8. The molecule has 1 saturated heterocycles. The van der Waals surface area contributed by atoms with Crippen LogP contribution in [0, 0.1) is 0 Å². The van der Waals surface area contributed by atoms with Crippen LogP contribution in [-0.4, -0.2) is 78.1 Å². The molecular formula is C20H27N3O5S. The zero-order valence-electron chi connectivity index (χ0n) is 17.3. The van der Waals surface area contributed by atoms with Crippen molar-refractivity contribution in [3.63, 3.8) is 0 Å². The van der Waals surface area contributed by atoms with Crippen LogP contribution in [0.3, 0.4) is 0 Å². The average molecular weight is 422 g/mol. The molecule has 9 heteroatoms. The van der Waals surface area contributed by atoms with Gasteiger partial charge in [0.05, 0.1) is 26.5 Å². The molecule has 1 amide bonds. The minimum absolute atomic E-state index is 0.0393. The number of hydrogen-bond donors (Lipinski definition) is 0. The number of rotatable bonds is 5. The highest BCUT2D eigenvalue weighted by atomic mass is 32.2. The summed E-state index contributed by atoms with van der Waals surface area (Å²) in [6.45, 7) is 7.77. The van der Waals surface area contributed by atoms with E-state index in [2.05, 4.69) is 11.5 Å². The van der Waals surface area contributed by atoms with Gasteiger partial charge in [0.25, 0.3) is 15.9 Å². The van der Waals surface area contributed by atoms with E-state index >= 15 is 0 Å². The summed E-state index contributed by atoms with van der Waals surface area (Å²) < 4.78 is 38.9. The highest BCUT2D eigenvalue weighted by Crippen LogP contribution is 2.45. The number of hydrogen-bond acceptors (Lipinski definition) is 6. The fraction of sp³-hybridized carbons (Fsp3) is 0.450. The Hall–Kier alpha value is -2.52. The van der Waals surface area contributed by atoms with Crippen molar-refractivity contribution < 1.29 is 22.7 Å². The molecule has 2 heterocycles. The van der Waals surface area contributed by atoms with Gasteiger partial charge in [-0.2, -0.15) is 0 Å². The van der Waals surface area contributed by atoms with E-state index in [0.717, 1.165) is 0 Å². The Morgan fingerprint density at radius 2 is 1.72 bits per heavy atom. The molecule has 0 spiro atoms. The monoisotopic (exact) mass is 421 g/mol. The lowest BCUT2D eigenvalue weighted by Crippen LogP contribution is -2.50. The minimum atomic E-state index is -4.06. The van der Waals surface area contributed by atoms with Crippen LogP contribution in [-0.2, 0) is 14.8 Å². The van der Waals surface area contributed by atoms with E-state index in [-0.39, 0.29) is 11.4 Å². The Morgan fingerprint density at radius 1 is 1.14 bits per heavy atom. The number of fused-ring (bicyclic) bond motifs is 1. The SMILES string of the molecule is C=CCN1c2cc(OC)c(OC)cc2C(C)=C(C(=O)N2CCN(C)CC2)S1(=O)=O. The van der Waals surface area contributed by atoms with Gasteiger partial charge in [0.2, 0.25) is 0 Å². The number of carbonyl (C=O) groups excluding carboxylic acids is 1. The van der Waals surface area contributed by atoms with Crippen LogP contribution in [0.15, 0.2) is 29.7 Å². The summed E-state index contributed by atoms with van der Waals surface area (Å²) in [6, 6.07) is 3.33. The lowest BCUT2D eigenvalue weighted by atomic mass is 10.0. The Kier molecular flexibility index (Phi) is 5.90. The third-order valence-electron chi connectivity index (χ3n) is 5.34. The van der Waals surface area contributed by atoms with Gasteiger partial charge in [0.1, 0.15) is 0 Å². The quantitative estimate of drug-likeness (QED) is 0.671. The molecule has 0 bridgehead atoms.